The van der Waals surface area contributed by atoms with Crippen LogP contribution in [0.25, 0.3) is 11.3 Å². The minimum atomic E-state index is -3.13. The lowest BCUT2D eigenvalue weighted by Crippen LogP contribution is -2.60. The highest BCUT2D eigenvalue weighted by Crippen LogP contribution is 2.44. The van der Waals surface area contributed by atoms with Crippen LogP contribution in [0.4, 0.5) is 9.18 Å². The molecule has 5 rings (SSSR count). The van der Waals surface area contributed by atoms with Crippen molar-refractivity contribution in [2.24, 2.45) is 17.8 Å². The summed E-state index contributed by atoms with van der Waals surface area (Å²) in [6, 6.07) is 2.91. The van der Waals surface area contributed by atoms with E-state index < -0.39 is 75.0 Å². The lowest BCUT2D eigenvalue weighted by Gasteiger charge is -2.46. The molecule has 3 fully saturated rings. The molecule has 3 saturated heterocycles. The molecule has 2 aromatic rings. The molecule has 0 radical (unpaired) electrons. The van der Waals surface area contributed by atoms with Gasteiger partial charge in [-0.05, 0) is 95.1 Å². The van der Waals surface area contributed by atoms with Crippen LogP contribution in [0.15, 0.2) is 37.1 Å². The number of Topliss-reactive ketones (excluding diaryl/α,β-unsaturated/α-hetero) is 2. The van der Waals surface area contributed by atoms with E-state index in [2.05, 4.69) is 20.8 Å². The van der Waals surface area contributed by atoms with E-state index in [9.17, 15) is 19.2 Å². The van der Waals surface area contributed by atoms with Crippen molar-refractivity contribution in [2.75, 3.05) is 27.2 Å². The first-order chi connectivity index (χ1) is 28.3. The van der Waals surface area contributed by atoms with Crippen LogP contribution in [0.1, 0.15) is 87.0 Å². The largest absolute Gasteiger partial charge is 0.445 e. The molecule has 0 bridgehead atoms. The number of esters is 1. The zero-order valence-corrected chi connectivity index (χ0v) is 38.4. The Morgan fingerprint density at radius 2 is 1.80 bits per heavy atom. The number of nitrogens with zero attached hydrogens (tertiary/aromatic N) is 5. The predicted octanol–water partition coefficient (Wildman–Crippen LogP) is 6.43. The number of imidazole rings is 1. The number of amides is 1. The van der Waals surface area contributed by atoms with Gasteiger partial charge in [0.05, 0.1) is 35.9 Å². The number of hydrogen-bond donors (Lipinski definition) is 0. The average molecular weight is 950 g/mol. The summed E-state index contributed by atoms with van der Waals surface area (Å²) in [5.41, 5.74) is -4.39. The van der Waals surface area contributed by atoms with E-state index >= 15 is 4.39 Å². The van der Waals surface area contributed by atoms with Gasteiger partial charge in [-0.15, -0.1) is 12.3 Å². The molecule has 5 heterocycles. The van der Waals surface area contributed by atoms with E-state index in [1.54, 1.807) is 69.0 Å². The molecule has 14 nitrogen and oxygen atoms in total. The highest BCUT2D eigenvalue weighted by Gasteiger charge is 2.61. The maximum atomic E-state index is 16.8. The van der Waals surface area contributed by atoms with Crippen LogP contribution >= 0.6 is 22.6 Å². The summed E-state index contributed by atoms with van der Waals surface area (Å²) in [6.07, 6.45) is 12.7. The smallest absolute Gasteiger partial charge is 0.410 e. The van der Waals surface area contributed by atoms with Crippen molar-refractivity contribution in [3.63, 3.8) is 0 Å². The van der Waals surface area contributed by atoms with Gasteiger partial charge in [-0.1, -0.05) is 20.8 Å². The molecule has 2 aromatic heterocycles. The molecule has 12 atom stereocenters. The predicted molar refractivity (Wildman–Crippen MR) is 229 cm³/mol. The summed E-state index contributed by atoms with van der Waals surface area (Å²) >= 11 is 1.79. The number of fused-ring (bicyclic) bond motifs is 1. The quantitative estimate of drug-likeness (QED) is 0.0577. The van der Waals surface area contributed by atoms with Crippen LogP contribution in [0, 0.1) is 30.1 Å². The number of alkyl halides is 2. The molecule has 60 heavy (non-hydrogen) atoms. The van der Waals surface area contributed by atoms with Crippen LogP contribution < -0.4 is 0 Å². The molecular formula is C44H61FIN5O9. The summed E-state index contributed by atoms with van der Waals surface area (Å²) in [4.78, 5) is 68.8. The van der Waals surface area contributed by atoms with E-state index in [1.807, 2.05) is 36.9 Å². The van der Waals surface area contributed by atoms with E-state index in [0.29, 0.717) is 38.8 Å². The van der Waals surface area contributed by atoms with Crippen LogP contribution in [-0.2, 0) is 44.6 Å². The highest BCUT2D eigenvalue weighted by atomic mass is 127. The van der Waals surface area contributed by atoms with Crippen LogP contribution in [0.3, 0.4) is 0 Å². The van der Waals surface area contributed by atoms with Crippen molar-refractivity contribution in [2.45, 2.75) is 145 Å². The average Bonchev–Trinajstić information content (AvgIpc) is 3.80. The van der Waals surface area contributed by atoms with Gasteiger partial charge in [0.2, 0.25) is 0 Å². The maximum Gasteiger partial charge on any atom is 0.410 e. The minimum absolute atomic E-state index is 0.0403. The van der Waals surface area contributed by atoms with E-state index in [0.717, 1.165) is 24.6 Å². The second-order valence-electron chi connectivity index (χ2n) is 17.3. The Balaban J connectivity index is 1.42. The summed E-state index contributed by atoms with van der Waals surface area (Å²) in [5, 5.41) is 0. The maximum absolute atomic E-state index is 16.8. The fourth-order valence-corrected chi connectivity index (χ4v) is 9.87. The fraction of sp³-hybridized carbons (Fsp3) is 0.682. The number of unbranched alkanes of at least 4 members (excludes halogenated alkanes) is 1. The molecule has 3 aliphatic rings. The molecule has 0 aromatic carbocycles. The number of terminal acetylenes is 1. The molecular weight excluding hydrogens is 888 g/mol. The van der Waals surface area contributed by atoms with Crippen molar-refractivity contribution in [3.8, 4) is 23.6 Å². The van der Waals surface area contributed by atoms with Crippen molar-refractivity contribution in [1.29, 1.82) is 0 Å². The molecule has 3 aliphatic heterocycles. The first-order valence-corrected chi connectivity index (χ1v) is 22.1. The van der Waals surface area contributed by atoms with Gasteiger partial charge in [0, 0.05) is 87.5 Å². The van der Waals surface area contributed by atoms with Gasteiger partial charge in [-0.2, -0.15) is 0 Å². The van der Waals surface area contributed by atoms with Gasteiger partial charge in [0.1, 0.15) is 5.78 Å². The van der Waals surface area contributed by atoms with Gasteiger partial charge >= 0.3 is 12.1 Å². The second kappa shape index (κ2) is 19.7. The Labute approximate surface area is 367 Å². The SMILES string of the molecule is C#CCCN(C)[C@@H]1C[C@H](O[C@@H]2[C@@H](C)C(=O)[C@](C)(F)C(=O)O[C@H](I)[C@@]3(C)OC(=O)N(CCCCn4cnc(-c5cccnc5)c4)C3[C@@H](C)C(=O)[C@H](C)C[C@@]2(C)OC)O[C@H](C)C1. The normalized spacial score (nSPS) is 35.7. The molecule has 16 heteroatoms. The van der Waals surface area contributed by atoms with Gasteiger partial charge in [-0.25, -0.2) is 19.0 Å². The monoisotopic (exact) mass is 949 g/mol. The first-order valence-electron chi connectivity index (χ1n) is 20.8. The molecule has 1 amide bonds. The lowest BCUT2D eigenvalue weighted by atomic mass is 9.74. The summed E-state index contributed by atoms with van der Waals surface area (Å²) in [7, 11) is 3.43. The molecule has 0 aliphatic carbocycles. The Hall–Kier alpha value is -3.50. The van der Waals surface area contributed by atoms with Crippen molar-refractivity contribution in [1.82, 2.24) is 24.3 Å². The molecule has 330 valence electrons. The zero-order chi connectivity index (χ0) is 44.2. The van der Waals surface area contributed by atoms with Crippen LogP contribution in [0.5, 0.6) is 0 Å². The number of cyclic esters (lactones) is 1. The highest BCUT2D eigenvalue weighted by molar-refractivity contribution is 14.1. The number of hydrogen-bond acceptors (Lipinski definition) is 12. The third-order valence-corrected chi connectivity index (χ3v) is 14.2. The van der Waals surface area contributed by atoms with Crippen molar-refractivity contribution >= 4 is 46.2 Å². The standard InChI is InChI=1S/C44H61FIN5O9/c1-11-12-18-49(9)32-21-28(3)57-34(22-32)58-38-30(5)37(53)43(7,45)40(54)59-39(46)44(8)36(29(4)35(52)27(2)23-42(38,6)56-10)51(41(55)60-44)20-14-13-19-50-25-33(48-26-50)31-16-15-17-47-24-31/h1,15-17,24-30,32,34,36,38-39H,12-14,18-23H2,2-10H3/t27-,28-,29+,30+,32+,34+,36?,38-,39+,42-,43+,44+/m1/s1. The molecule has 0 N–H and O–H groups in total. The lowest BCUT2D eigenvalue weighted by molar-refractivity contribution is -0.263. The molecule has 1 unspecified atom stereocenters. The van der Waals surface area contributed by atoms with Crippen molar-refractivity contribution < 1.29 is 47.3 Å². The Kier molecular flexibility index (Phi) is 15.6. The van der Waals surface area contributed by atoms with Gasteiger partial charge in [-0.3, -0.25) is 14.6 Å². The number of methoxy groups -OCH3 is 1. The Morgan fingerprint density at radius 1 is 1.08 bits per heavy atom. The Morgan fingerprint density at radius 3 is 2.47 bits per heavy atom. The fourth-order valence-electron chi connectivity index (χ4n) is 9.14. The first kappa shape index (κ1) is 47.5. The Bertz CT molecular complexity index is 1880. The number of ketones is 2. The number of carbonyl (C=O) groups is 4. The number of aryl methyl sites for hydroxylation is 1. The number of ether oxygens (including phenoxy) is 5. The number of rotatable bonds is 12. The number of aromatic nitrogens is 3. The van der Waals surface area contributed by atoms with Gasteiger partial charge < -0.3 is 38.1 Å². The van der Waals surface area contributed by atoms with Gasteiger partial charge in [0.25, 0.3) is 5.67 Å². The van der Waals surface area contributed by atoms with E-state index in [-0.39, 0.29) is 30.9 Å². The summed E-state index contributed by atoms with van der Waals surface area (Å²) < 4.78 is 48.3. The number of halogens is 2. The third-order valence-electron chi connectivity index (χ3n) is 12.7. The third kappa shape index (κ3) is 10.2. The summed E-state index contributed by atoms with van der Waals surface area (Å²) in [5.74, 6) is -2.85. The van der Waals surface area contributed by atoms with E-state index in [1.165, 1.54) is 18.9 Å². The van der Waals surface area contributed by atoms with Gasteiger partial charge in [0.15, 0.2) is 21.8 Å². The number of carbonyl (C=O) groups excluding carboxylic acids is 4. The summed E-state index contributed by atoms with van der Waals surface area (Å²) in [6.45, 7) is 12.6. The molecule has 0 saturated carbocycles. The van der Waals surface area contributed by atoms with E-state index in [4.69, 9.17) is 30.1 Å². The topological polar surface area (TPSA) is 152 Å². The van der Waals surface area contributed by atoms with Crippen LogP contribution in [0.2, 0.25) is 0 Å². The second-order valence-corrected chi connectivity index (χ2v) is 18.5. The zero-order valence-electron chi connectivity index (χ0n) is 36.3. The number of pyridine rings is 1. The molecule has 0 spiro atoms. The van der Waals surface area contributed by atoms with Crippen molar-refractivity contribution in [3.05, 3.63) is 37.1 Å². The minimum Gasteiger partial charge on any atom is -0.445 e. The van der Waals surface area contributed by atoms with Crippen LogP contribution in [-0.4, -0.2) is 127 Å².